The average molecular weight is 260 g/mol. The van der Waals surface area contributed by atoms with Gasteiger partial charge in [0.05, 0.1) is 17.8 Å². The molecule has 0 spiro atoms. The summed E-state index contributed by atoms with van der Waals surface area (Å²) in [5, 5.41) is 19.4. The summed E-state index contributed by atoms with van der Waals surface area (Å²) < 4.78 is 37.0. The zero-order valence-corrected chi connectivity index (χ0v) is 9.69. The summed E-state index contributed by atoms with van der Waals surface area (Å²) in [5.74, 6) is 0.148. The van der Waals surface area contributed by atoms with Crippen LogP contribution in [-0.2, 0) is 12.6 Å². The van der Waals surface area contributed by atoms with Gasteiger partial charge in [-0.15, -0.1) is 0 Å². The quantitative estimate of drug-likeness (QED) is 0.872. The third-order valence-corrected chi connectivity index (χ3v) is 3.23. The van der Waals surface area contributed by atoms with Crippen LogP contribution in [0.2, 0.25) is 0 Å². The van der Waals surface area contributed by atoms with Crippen molar-refractivity contribution in [3.05, 3.63) is 35.4 Å². The van der Waals surface area contributed by atoms with Crippen molar-refractivity contribution in [2.24, 2.45) is 5.92 Å². The molecular weight excluding hydrogens is 245 g/mol. The SMILES string of the molecule is OC(Cc1ccc(C(F)(F)F)cc1)C(O)C1CC1. The molecule has 0 radical (unpaired) electrons. The first-order chi connectivity index (χ1) is 8.38. The second-order valence-corrected chi connectivity index (χ2v) is 4.79. The molecule has 0 bridgehead atoms. The van der Waals surface area contributed by atoms with Gasteiger partial charge < -0.3 is 10.2 Å². The topological polar surface area (TPSA) is 40.5 Å². The van der Waals surface area contributed by atoms with E-state index < -0.39 is 23.9 Å². The van der Waals surface area contributed by atoms with E-state index in [1.54, 1.807) is 0 Å². The van der Waals surface area contributed by atoms with Gasteiger partial charge in [-0.1, -0.05) is 12.1 Å². The number of hydrogen-bond donors (Lipinski definition) is 2. The highest BCUT2D eigenvalue weighted by molar-refractivity contribution is 5.25. The summed E-state index contributed by atoms with van der Waals surface area (Å²) >= 11 is 0. The van der Waals surface area contributed by atoms with Crippen LogP contribution >= 0.6 is 0 Å². The highest BCUT2D eigenvalue weighted by atomic mass is 19.4. The minimum atomic E-state index is -4.34. The summed E-state index contributed by atoms with van der Waals surface area (Å²) in [6.45, 7) is 0. The van der Waals surface area contributed by atoms with Crippen molar-refractivity contribution >= 4 is 0 Å². The number of aliphatic hydroxyl groups is 2. The zero-order chi connectivity index (χ0) is 13.3. The Labute approximate surface area is 103 Å². The fraction of sp³-hybridized carbons (Fsp3) is 0.538. The molecular formula is C13H15F3O2. The molecule has 0 aliphatic heterocycles. The van der Waals surface area contributed by atoms with Gasteiger partial charge in [-0.05, 0) is 36.5 Å². The van der Waals surface area contributed by atoms with E-state index in [9.17, 15) is 23.4 Å². The highest BCUT2D eigenvalue weighted by Crippen LogP contribution is 2.34. The summed E-state index contributed by atoms with van der Waals surface area (Å²) in [7, 11) is 0. The van der Waals surface area contributed by atoms with Crippen LogP contribution in [0.4, 0.5) is 13.2 Å². The Morgan fingerprint density at radius 1 is 1.11 bits per heavy atom. The fourth-order valence-corrected chi connectivity index (χ4v) is 1.94. The minimum absolute atomic E-state index is 0.148. The second-order valence-electron chi connectivity index (χ2n) is 4.79. The fourth-order valence-electron chi connectivity index (χ4n) is 1.94. The number of halogens is 3. The van der Waals surface area contributed by atoms with Gasteiger partial charge in [0.1, 0.15) is 0 Å². The van der Waals surface area contributed by atoms with Crippen LogP contribution in [0, 0.1) is 5.92 Å². The lowest BCUT2D eigenvalue weighted by Crippen LogP contribution is -2.29. The molecule has 1 saturated carbocycles. The van der Waals surface area contributed by atoms with Gasteiger partial charge in [0.25, 0.3) is 0 Å². The molecule has 5 heteroatoms. The summed E-state index contributed by atoms with van der Waals surface area (Å²) in [4.78, 5) is 0. The molecule has 1 fully saturated rings. The first kappa shape index (κ1) is 13.4. The first-order valence-electron chi connectivity index (χ1n) is 5.90. The van der Waals surface area contributed by atoms with Crippen LogP contribution in [0.25, 0.3) is 0 Å². The first-order valence-corrected chi connectivity index (χ1v) is 5.90. The predicted octanol–water partition coefficient (Wildman–Crippen LogP) is 2.38. The number of hydrogen-bond acceptors (Lipinski definition) is 2. The Balaban J connectivity index is 1.97. The largest absolute Gasteiger partial charge is 0.416 e. The van der Waals surface area contributed by atoms with Crippen molar-refractivity contribution in [1.29, 1.82) is 0 Å². The molecule has 1 aliphatic rings. The standard InChI is InChI=1S/C13H15F3O2/c14-13(15,16)10-5-1-8(2-6-10)7-11(17)12(18)9-3-4-9/h1-2,5-6,9,11-12,17-18H,3-4,7H2. The van der Waals surface area contributed by atoms with E-state index in [0.29, 0.717) is 5.56 Å². The Hall–Kier alpha value is -1.07. The molecule has 1 aliphatic carbocycles. The number of alkyl halides is 3. The molecule has 2 unspecified atom stereocenters. The van der Waals surface area contributed by atoms with Gasteiger partial charge in [0.15, 0.2) is 0 Å². The van der Waals surface area contributed by atoms with Gasteiger partial charge in [-0.3, -0.25) is 0 Å². The molecule has 18 heavy (non-hydrogen) atoms. The lowest BCUT2D eigenvalue weighted by atomic mass is 10.00. The van der Waals surface area contributed by atoms with Gasteiger partial charge >= 0.3 is 6.18 Å². The van der Waals surface area contributed by atoms with Crippen LogP contribution in [0.3, 0.4) is 0 Å². The number of benzene rings is 1. The van der Waals surface area contributed by atoms with E-state index in [1.807, 2.05) is 0 Å². The third kappa shape index (κ3) is 3.23. The third-order valence-electron chi connectivity index (χ3n) is 3.23. The van der Waals surface area contributed by atoms with Crippen molar-refractivity contribution in [2.45, 2.75) is 37.6 Å². The molecule has 0 saturated heterocycles. The van der Waals surface area contributed by atoms with Crippen molar-refractivity contribution < 1.29 is 23.4 Å². The Morgan fingerprint density at radius 3 is 2.11 bits per heavy atom. The Kier molecular flexibility index (Phi) is 3.64. The summed E-state index contributed by atoms with van der Waals surface area (Å²) in [6.07, 6.45) is -4.03. The smallest absolute Gasteiger partial charge is 0.390 e. The maximum Gasteiger partial charge on any atom is 0.416 e. The maximum atomic E-state index is 12.3. The Bertz CT molecular complexity index is 396. The molecule has 2 atom stereocenters. The second kappa shape index (κ2) is 4.90. The van der Waals surface area contributed by atoms with Crippen molar-refractivity contribution in [1.82, 2.24) is 0 Å². The van der Waals surface area contributed by atoms with Crippen molar-refractivity contribution in [2.75, 3.05) is 0 Å². The van der Waals surface area contributed by atoms with Crippen molar-refractivity contribution in [3.8, 4) is 0 Å². The van der Waals surface area contributed by atoms with Gasteiger partial charge in [-0.25, -0.2) is 0 Å². The minimum Gasteiger partial charge on any atom is -0.390 e. The predicted molar refractivity (Wildman–Crippen MR) is 59.9 cm³/mol. The molecule has 1 aromatic carbocycles. The molecule has 0 amide bonds. The van der Waals surface area contributed by atoms with Gasteiger partial charge in [0.2, 0.25) is 0 Å². The highest BCUT2D eigenvalue weighted by Gasteiger charge is 2.34. The summed E-state index contributed by atoms with van der Waals surface area (Å²) in [6, 6.07) is 4.66. The van der Waals surface area contributed by atoms with E-state index in [4.69, 9.17) is 0 Å². The molecule has 0 aromatic heterocycles. The van der Waals surface area contributed by atoms with Gasteiger partial charge in [0, 0.05) is 6.42 Å². The average Bonchev–Trinajstić information content (AvgIpc) is 3.11. The lowest BCUT2D eigenvalue weighted by Gasteiger charge is -2.17. The monoisotopic (exact) mass is 260 g/mol. The normalized spacial score (nSPS) is 19.6. The van der Waals surface area contributed by atoms with Crippen LogP contribution in [0.5, 0.6) is 0 Å². The van der Waals surface area contributed by atoms with Gasteiger partial charge in [-0.2, -0.15) is 13.2 Å². The van der Waals surface area contributed by atoms with E-state index in [1.165, 1.54) is 12.1 Å². The maximum absolute atomic E-state index is 12.3. The van der Waals surface area contributed by atoms with E-state index in [2.05, 4.69) is 0 Å². The molecule has 100 valence electrons. The molecule has 0 heterocycles. The van der Waals surface area contributed by atoms with Crippen molar-refractivity contribution in [3.63, 3.8) is 0 Å². The number of aliphatic hydroxyl groups excluding tert-OH is 2. The van der Waals surface area contributed by atoms with E-state index >= 15 is 0 Å². The number of rotatable bonds is 4. The van der Waals surface area contributed by atoms with E-state index in [0.717, 1.165) is 25.0 Å². The molecule has 1 aromatic rings. The summed E-state index contributed by atoms with van der Waals surface area (Å²) in [5.41, 5.74) is -0.112. The van der Waals surface area contributed by atoms with Crippen LogP contribution < -0.4 is 0 Å². The van der Waals surface area contributed by atoms with Crippen LogP contribution in [0.1, 0.15) is 24.0 Å². The van der Waals surface area contributed by atoms with Crippen LogP contribution in [0.15, 0.2) is 24.3 Å². The zero-order valence-electron chi connectivity index (χ0n) is 9.69. The van der Waals surface area contributed by atoms with E-state index in [-0.39, 0.29) is 12.3 Å². The molecule has 2 rings (SSSR count). The Morgan fingerprint density at radius 2 is 1.67 bits per heavy atom. The lowest BCUT2D eigenvalue weighted by molar-refractivity contribution is -0.137. The van der Waals surface area contributed by atoms with Crippen LogP contribution in [-0.4, -0.2) is 22.4 Å². The molecule has 2 nitrogen and oxygen atoms in total. The molecule has 2 N–H and O–H groups in total.